The first-order chi connectivity index (χ1) is 11.1. The van der Waals surface area contributed by atoms with Crippen molar-refractivity contribution in [2.45, 2.75) is 27.7 Å². The Bertz CT molecular complexity index is 515. The zero-order valence-electron chi connectivity index (χ0n) is 15.1. The molecule has 0 aliphatic rings. The molecular formula is C18H29ClN2O3. The van der Waals surface area contributed by atoms with Gasteiger partial charge in [-0.2, -0.15) is 0 Å². The fourth-order valence-electron chi connectivity index (χ4n) is 2.41. The molecule has 6 heteroatoms. The first-order valence-corrected chi connectivity index (χ1v) is 8.36. The van der Waals surface area contributed by atoms with Crippen LogP contribution in [-0.2, 0) is 4.74 Å². The number of carbonyl (C=O) groups is 2. The first kappa shape index (κ1) is 22.4. The van der Waals surface area contributed by atoms with Gasteiger partial charge in [-0.25, -0.2) is 4.79 Å². The first-order valence-electron chi connectivity index (χ1n) is 8.36. The number of rotatable bonds is 9. The molecule has 0 bridgehead atoms. The molecule has 1 rings (SSSR count). The molecule has 0 saturated carbocycles. The largest absolute Gasteiger partial charge is 0.461 e. The highest BCUT2D eigenvalue weighted by molar-refractivity contribution is 6.05. The SMILES string of the molecule is CCN(CC)CCOC(=O)c1ccccc1C(=O)N(CC)CC.Cl. The Morgan fingerprint density at radius 2 is 1.46 bits per heavy atom. The molecule has 136 valence electrons. The van der Waals surface area contributed by atoms with E-state index in [1.165, 1.54) is 0 Å². The van der Waals surface area contributed by atoms with Crippen molar-refractivity contribution < 1.29 is 14.3 Å². The fraction of sp³-hybridized carbons (Fsp3) is 0.556. The number of esters is 1. The van der Waals surface area contributed by atoms with Crippen LogP contribution in [0.4, 0.5) is 0 Å². The van der Waals surface area contributed by atoms with Gasteiger partial charge in [0, 0.05) is 19.6 Å². The number of amides is 1. The minimum atomic E-state index is -0.437. The van der Waals surface area contributed by atoms with Gasteiger partial charge in [0.25, 0.3) is 5.91 Å². The Balaban J connectivity index is 0.00000529. The molecule has 24 heavy (non-hydrogen) atoms. The third kappa shape index (κ3) is 6.13. The molecular weight excluding hydrogens is 328 g/mol. The average molecular weight is 357 g/mol. The van der Waals surface area contributed by atoms with Crippen LogP contribution >= 0.6 is 12.4 Å². The number of carbonyl (C=O) groups excluding carboxylic acids is 2. The summed E-state index contributed by atoms with van der Waals surface area (Å²) in [6.07, 6.45) is 0. The van der Waals surface area contributed by atoms with Crippen molar-refractivity contribution in [3.8, 4) is 0 Å². The normalized spacial score (nSPS) is 10.2. The second kappa shape index (κ2) is 11.9. The monoisotopic (exact) mass is 356 g/mol. The lowest BCUT2D eigenvalue weighted by Crippen LogP contribution is -2.32. The highest BCUT2D eigenvalue weighted by Gasteiger charge is 2.20. The second-order valence-electron chi connectivity index (χ2n) is 5.19. The summed E-state index contributed by atoms with van der Waals surface area (Å²) in [6.45, 7) is 12.1. The Morgan fingerprint density at radius 1 is 0.917 bits per heavy atom. The van der Waals surface area contributed by atoms with E-state index in [1.807, 2.05) is 13.8 Å². The number of hydrogen-bond donors (Lipinski definition) is 0. The van der Waals surface area contributed by atoms with Crippen LogP contribution in [0.5, 0.6) is 0 Å². The van der Waals surface area contributed by atoms with Gasteiger partial charge < -0.3 is 14.5 Å². The summed E-state index contributed by atoms with van der Waals surface area (Å²) < 4.78 is 5.35. The van der Waals surface area contributed by atoms with Crippen molar-refractivity contribution in [1.82, 2.24) is 9.80 Å². The van der Waals surface area contributed by atoms with Crippen LogP contribution in [-0.4, -0.2) is 61.0 Å². The topological polar surface area (TPSA) is 49.9 Å². The van der Waals surface area contributed by atoms with Crippen LogP contribution in [0.1, 0.15) is 48.4 Å². The van der Waals surface area contributed by atoms with E-state index >= 15 is 0 Å². The molecule has 0 heterocycles. The maximum absolute atomic E-state index is 12.5. The predicted molar refractivity (Wildman–Crippen MR) is 99.0 cm³/mol. The van der Waals surface area contributed by atoms with Gasteiger partial charge in [0.15, 0.2) is 0 Å². The van der Waals surface area contributed by atoms with E-state index in [-0.39, 0.29) is 18.3 Å². The van der Waals surface area contributed by atoms with Gasteiger partial charge >= 0.3 is 5.97 Å². The molecule has 0 aromatic heterocycles. The zero-order valence-corrected chi connectivity index (χ0v) is 15.9. The highest BCUT2D eigenvalue weighted by atomic mass is 35.5. The van der Waals surface area contributed by atoms with E-state index in [0.29, 0.717) is 37.4 Å². The molecule has 0 N–H and O–H groups in total. The van der Waals surface area contributed by atoms with Crippen molar-refractivity contribution in [1.29, 1.82) is 0 Å². The summed E-state index contributed by atoms with van der Waals surface area (Å²) in [5, 5.41) is 0. The second-order valence-corrected chi connectivity index (χ2v) is 5.19. The van der Waals surface area contributed by atoms with Gasteiger partial charge in [-0.1, -0.05) is 26.0 Å². The highest BCUT2D eigenvalue weighted by Crippen LogP contribution is 2.13. The van der Waals surface area contributed by atoms with Gasteiger partial charge in [0.2, 0.25) is 0 Å². The lowest BCUT2D eigenvalue weighted by atomic mass is 10.1. The van der Waals surface area contributed by atoms with Gasteiger partial charge in [-0.3, -0.25) is 4.79 Å². The fourth-order valence-corrected chi connectivity index (χ4v) is 2.41. The molecule has 5 nitrogen and oxygen atoms in total. The van der Waals surface area contributed by atoms with Crippen LogP contribution in [0.3, 0.4) is 0 Å². The van der Waals surface area contributed by atoms with Gasteiger partial charge in [-0.15, -0.1) is 12.4 Å². The molecule has 1 amide bonds. The molecule has 0 radical (unpaired) electrons. The number of nitrogens with zero attached hydrogens (tertiary/aromatic N) is 2. The number of ether oxygens (including phenoxy) is 1. The Morgan fingerprint density at radius 3 is 1.96 bits per heavy atom. The van der Waals surface area contributed by atoms with Gasteiger partial charge in [0.1, 0.15) is 6.61 Å². The average Bonchev–Trinajstić information content (AvgIpc) is 2.59. The van der Waals surface area contributed by atoms with E-state index in [0.717, 1.165) is 13.1 Å². The van der Waals surface area contributed by atoms with Gasteiger partial charge in [0.05, 0.1) is 11.1 Å². The summed E-state index contributed by atoms with van der Waals surface area (Å²) in [7, 11) is 0. The molecule has 0 fully saturated rings. The standard InChI is InChI=1S/C18H28N2O3.ClH/c1-5-19(6-2)13-14-23-18(22)16-12-10-9-11-15(16)17(21)20(7-3)8-4;/h9-12H,5-8,13-14H2,1-4H3;1H. The van der Waals surface area contributed by atoms with Crippen molar-refractivity contribution >= 4 is 24.3 Å². The summed E-state index contributed by atoms with van der Waals surface area (Å²) in [6, 6.07) is 6.85. The van der Waals surface area contributed by atoms with E-state index in [9.17, 15) is 9.59 Å². The van der Waals surface area contributed by atoms with E-state index < -0.39 is 5.97 Å². The number of hydrogen-bond acceptors (Lipinski definition) is 4. The van der Waals surface area contributed by atoms with E-state index in [4.69, 9.17) is 4.74 Å². The molecule has 0 spiro atoms. The third-order valence-corrected chi connectivity index (χ3v) is 3.96. The number of likely N-dealkylation sites (N-methyl/N-ethyl adjacent to an activating group) is 1. The summed E-state index contributed by atoms with van der Waals surface area (Å²) in [5.74, 6) is -0.570. The maximum atomic E-state index is 12.5. The molecule has 0 aliphatic carbocycles. The van der Waals surface area contributed by atoms with Crippen molar-refractivity contribution in [3.63, 3.8) is 0 Å². The quantitative estimate of drug-likeness (QED) is 0.638. The minimum absolute atomic E-state index is 0. The molecule has 1 aromatic rings. The van der Waals surface area contributed by atoms with Crippen LogP contribution in [0.2, 0.25) is 0 Å². The molecule has 1 aromatic carbocycles. The third-order valence-electron chi connectivity index (χ3n) is 3.96. The molecule has 0 unspecified atom stereocenters. The minimum Gasteiger partial charge on any atom is -0.461 e. The van der Waals surface area contributed by atoms with Crippen LogP contribution < -0.4 is 0 Å². The lowest BCUT2D eigenvalue weighted by Gasteiger charge is -2.20. The summed E-state index contributed by atoms with van der Waals surface area (Å²) in [4.78, 5) is 28.7. The molecule has 0 atom stereocenters. The van der Waals surface area contributed by atoms with Crippen molar-refractivity contribution in [2.75, 3.05) is 39.3 Å². The van der Waals surface area contributed by atoms with Crippen LogP contribution in [0.15, 0.2) is 24.3 Å². The summed E-state index contributed by atoms with van der Waals surface area (Å²) >= 11 is 0. The van der Waals surface area contributed by atoms with Crippen LogP contribution in [0.25, 0.3) is 0 Å². The smallest absolute Gasteiger partial charge is 0.338 e. The van der Waals surface area contributed by atoms with Gasteiger partial charge in [-0.05, 0) is 39.1 Å². The van der Waals surface area contributed by atoms with Crippen LogP contribution in [0, 0.1) is 0 Å². The summed E-state index contributed by atoms with van der Waals surface area (Å²) in [5.41, 5.74) is 0.744. The van der Waals surface area contributed by atoms with E-state index in [2.05, 4.69) is 18.7 Å². The number of halogens is 1. The predicted octanol–water partition coefficient (Wildman–Crippen LogP) is 3.09. The lowest BCUT2D eigenvalue weighted by molar-refractivity contribution is 0.0460. The zero-order chi connectivity index (χ0) is 17.2. The Kier molecular flexibility index (Phi) is 11.1. The molecule has 0 saturated heterocycles. The maximum Gasteiger partial charge on any atom is 0.338 e. The Hall–Kier alpha value is -1.59. The van der Waals surface area contributed by atoms with Crippen molar-refractivity contribution in [3.05, 3.63) is 35.4 Å². The molecule has 0 aliphatic heterocycles. The number of benzene rings is 1. The van der Waals surface area contributed by atoms with Crippen molar-refractivity contribution in [2.24, 2.45) is 0 Å². The Labute approximate surface area is 151 Å². The van der Waals surface area contributed by atoms with E-state index in [1.54, 1.807) is 29.2 Å².